The number of hydrogen-bond donors (Lipinski definition) is 0. The van der Waals surface area contributed by atoms with Crippen LogP contribution in [0.25, 0.3) is 0 Å². The SMILES string of the molecule is CC(C)Cc1ccc(OS(=O)(=O)C(F)(F)F)cc1.S. The van der Waals surface area contributed by atoms with Crippen molar-refractivity contribution in [1.29, 1.82) is 0 Å². The fourth-order valence-electron chi connectivity index (χ4n) is 1.33. The number of halogens is 3. The predicted molar refractivity (Wildman–Crippen MR) is 71.0 cm³/mol. The fourth-order valence-corrected chi connectivity index (χ4v) is 1.79. The highest BCUT2D eigenvalue weighted by molar-refractivity contribution is 7.88. The van der Waals surface area contributed by atoms with Crippen molar-refractivity contribution >= 4 is 23.6 Å². The van der Waals surface area contributed by atoms with Crippen LogP contribution in [0.5, 0.6) is 5.75 Å². The van der Waals surface area contributed by atoms with Crippen LogP contribution in [0.15, 0.2) is 24.3 Å². The average Bonchev–Trinajstić information content (AvgIpc) is 2.18. The predicted octanol–water partition coefficient (Wildman–Crippen LogP) is 3.23. The highest BCUT2D eigenvalue weighted by atomic mass is 32.2. The van der Waals surface area contributed by atoms with Gasteiger partial charge in [0.1, 0.15) is 5.75 Å². The first-order chi connectivity index (χ1) is 8.12. The van der Waals surface area contributed by atoms with Crippen LogP contribution in [0.2, 0.25) is 0 Å². The van der Waals surface area contributed by atoms with Crippen LogP contribution in [-0.4, -0.2) is 13.9 Å². The molecular formula is C11H15F3O3S2. The summed E-state index contributed by atoms with van der Waals surface area (Å²) in [6.45, 7) is 4.00. The molecule has 0 saturated heterocycles. The molecule has 0 aliphatic heterocycles. The molecule has 3 nitrogen and oxygen atoms in total. The molecule has 19 heavy (non-hydrogen) atoms. The summed E-state index contributed by atoms with van der Waals surface area (Å²) >= 11 is 0. The van der Waals surface area contributed by atoms with Crippen molar-refractivity contribution in [2.45, 2.75) is 25.8 Å². The molecule has 0 atom stereocenters. The Bertz CT molecular complexity index is 493. The van der Waals surface area contributed by atoms with Crippen molar-refractivity contribution in [3.8, 4) is 5.75 Å². The van der Waals surface area contributed by atoms with Crippen molar-refractivity contribution < 1.29 is 25.8 Å². The van der Waals surface area contributed by atoms with Gasteiger partial charge in [-0.25, -0.2) is 0 Å². The molecule has 0 N–H and O–H groups in total. The Kier molecular flexibility index (Phi) is 6.21. The third kappa shape index (κ3) is 5.32. The van der Waals surface area contributed by atoms with E-state index in [-0.39, 0.29) is 19.2 Å². The first-order valence-electron chi connectivity index (χ1n) is 5.21. The Balaban J connectivity index is 0.00000324. The second kappa shape index (κ2) is 6.51. The van der Waals surface area contributed by atoms with E-state index in [1.54, 1.807) is 12.1 Å². The normalized spacial score (nSPS) is 12.1. The van der Waals surface area contributed by atoms with E-state index >= 15 is 0 Å². The zero-order valence-corrected chi connectivity index (χ0v) is 12.2. The third-order valence-corrected chi connectivity index (χ3v) is 3.04. The molecular weight excluding hydrogens is 301 g/mol. The van der Waals surface area contributed by atoms with Gasteiger partial charge in [-0.2, -0.15) is 35.1 Å². The van der Waals surface area contributed by atoms with E-state index in [9.17, 15) is 21.6 Å². The molecule has 1 aromatic carbocycles. The van der Waals surface area contributed by atoms with Crippen LogP contribution in [0, 0.1) is 5.92 Å². The van der Waals surface area contributed by atoms with Gasteiger partial charge >= 0.3 is 15.6 Å². The highest BCUT2D eigenvalue weighted by Crippen LogP contribution is 2.27. The van der Waals surface area contributed by atoms with Crippen molar-refractivity contribution in [3.63, 3.8) is 0 Å². The first-order valence-corrected chi connectivity index (χ1v) is 6.62. The van der Waals surface area contributed by atoms with E-state index < -0.39 is 15.6 Å². The minimum Gasteiger partial charge on any atom is -0.376 e. The summed E-state index contributed by atoms with van der Waals surface area (Å²) in [5, 5.41) is 0. The smallest absolute Gasteiger partial charge is 0.376 e. The van der Waals surface area contributed by atoms with Crippen molar-refractivity contribution in [1.82, 2.24) is 0 Å². The van der Waals surface area contributed by atoms with Gasteiger partial charge in [0, 0.05) is 0 Å². The Labute approximate surface area is 117 Å². The van der Waals surface area contributed by atoms with Crippen molar-refractivity contribution in [3.05, 3.63) is 29.8 Å². The van der Waals surface area contributed by atoms with Gasteiger partial charge in [0.25, 0.3) is 0 Å². The molecule has 0 spiro atoms. The maximum atomic E-state index is 12.1. The zero-order valence-electron chi connectivity index (χ0n) is 10.4. The number of hydrogen-bond acceptors (Lipinski definition) is 3. The maximum Gasteiger partial charge on any atom is 0.534 e. The molecule has 0 bridgehead atoms. The minimum absolute atomic E-state index is 0. The summed E-state index contributed by atoms with van der Waals surface area (Å²) in [4.78, 5) is 0. The van der Waals surface area contributed by atoms with Gasteiger partial charge < -0.3 is 4.18 Å². The number of benzene rings is 1. The first kappa shape index (κ1) is 18.1. The van der Waals surface area contributed by atoms with E-state index in [1.165, 1.54) is 12.1 Å². The molecule has 0 heterocycles. The van der Waals surface area contributed by atoms with Crippen LogP contribution in [-0.2, 0) is 16.5 Å². The summed E-state index contributed by atoms with van der Waals surface area (Å²) in [5.74, 6) is 0.0514. The topological polar surface area (TPSA) is 43.4 Å². The van der Waals surface area contributed by atoms with Gasteiger partial charge in [-0.05, 0) is 30.0 Å². The monoisotopic (exact) mass is 316 g/mol. The van der Waals surface area contributed by atoms with E-state index in [1.807, 2.05) is 13.8 Å². The lowest BCUT2D eigenvalue weighted by Crippen LogP contribution is -2.28. The van der Waals surface area contributed by atoms with Crippen LogP contribution in [0.4, 0.5) is 13.2 Å². The zero-order chi connectivity index (χ0) is 14.0. The minimum atomic E-state index is -5.59. The molecule has 1 rings (SSSR count). The highest BCUT2D eigenvalue weighted by Gasteiger charge is 2.48. The Hall–Kier alpha value is -0.890. The van der Waals surface area contributed by atoms with Gasteiger partial charge in [-0.3, -0.25) is 0 Å². The molecule has 0 saturated carbocycles. The maximum absolute atomic E-state index is 12.1. The van der Waals surface area contributed by atoms with Crippen LogP contribution < -0.4 is 4.18 Å². The molecule has 0 amide bonds. The van der Waals surface area contributed by atoms with Crippen LogP contribution >= 0.6 is 13.5 Å². The lowest BCUT2D eigenvalue weighted by Gasteiger charge is -2.10. The third-order valence-electron chi connectivity index (χ3n) is 2.06. The Morgan fingerprint density at radius 3 is 2.00 bits per heavy atom. The number of alkyl halides is 3. The molecule has 0 unspecified atom stereocenters. The van der Waals surface area contributed by atoms with Gasteiger partial charge in [-0.15, -0.1) is 0 Å². The van der Waals surface area contributed by atoms with E-state index in [0.29, 0.717) is 5.92 Å². The lowest BCUT2D eigenvalue weighted by molar-refractivity contribution is -0.0500. The molecule has 110 valence electrons. The van der Waals surface area contributed by atoms with E-state index in [4.69, 9.17) is 0 Å². The summed E-state index contributed by atoms with van der Waals surface area (Å²) in [6, 6.07) is 5.50. The van der Waals surface area contributed by atoms with Gasteiger partial charge in [0.05, 0.1) is 0 Å². The number of rotatable bonds is 4. The second-order valence-corrected chi connectivity index (χ2v) is 5.76. The van der Waals surface area contributed by atoms with Gasteiger partial charge in [0.15, 0.2) is 0 Å². The summed E-state index contributed by atoms with van der Waals surface area (Å²) in [5.41, 5.74) is -4.51. The summed E-state index contributed by atoms with van der Waals surface area (Å²) in [6.07, 6.45) is 0.756. The Morgan fingerprint density at radius 1 is 1.16 bits per heavy atom. The molecule has 0 radical (unpaired) electrons. The second-order valence-electron chi connectivity index (χ2n) is 4.23. The van der Waals surface area contributed by atoms with Crippen molar-refractivity contribution in [2.24, 2.45) is 5.92 Å². The molecule has 0 aliphatic rings. The average molecular weight is 316 g/mol. The molecule has 0 aliphatic carbocycles. The fraction of sp³-hybridized carbons (Fsp3) is 0.455. The van der Waals surface area contributed by atoms with Gasteiger partial charge in [0.2, 0.25) is 0 Å². The van der Waals surface area contributed by atoms with Crippen molar-refractivity contribution in [2.75, 3.05) is 0 Å². The molecule has 0 fully saturated rings. The molecule has 1 aromatic rings. The van der Waals surface area contributed by atoms with Crippen LogP contribution in [0.1, 0.15) is 19.4 Å². The largest absolute Gasteiger partial charge is 0.534 e. The quantitative estimate of drug-likeness (QED) is 0.633. The van der Waals surface area contributed by atoms with E-state index in [2.05, 4.69) is 4.18 Å². The van der Waals surface area contributed by atoms with E-state index in [0.717, 1.165) is 12.0 Å². The summed E-state index contributed by atoms with van der Waals surface area (Å²) < 4.78 is 61.6. The molecule has 8 heteroatoms. The van der Waals surface area contributed by atoms with Gasteiger partial charge in [-0.1, -0.05) is 26.0 Å². The standard InChI is InChI=1S/C11H13F3O3S.H2S/c1-8(2)7-9-3-5-10(6-4-9)17-18(15,16)11(12,13)14;/h3-6,8H,7H2,1-2H3;1H2. The molecule has 0 aromatic heterocycles. The lowest BCUT2D eigenvalue weighted by atomic mass is 10.0. The van der Waals surface area contributed by atoms with Crippen LogP contribution in [0.3, 0.4) is 0 Å². The summed E-state index contributed by atoms with van der Waals surface area (Å²) in [7, 11) is -5.59. The Morgan fingerprint density at radius 2 is 1.63 bits per heavy atom.